The van der Waals surface area contributed by atoms with Crippen molar-refractivity contribution in [3.8, 4) is 5.75 Å². The second-order valence-corrected chi connectivity index (χ2v) is 5.14. The van der Waals surface area contributed by atoms with E-state index in [1.165, 1.54) is 0 Å². The van der Waals surface area contributed by atoms with Crippen LogP contribution in [0.4, 0.5) is 0 Å². The Bertz CT molecular complexity index is 370. The van der Waals surface area contributed by atoms with Crippen LogP contribution in [0.5, 0.6) is 5.75 Å². The second kappa shape index (κ2) is 4.23. The first-order valence-electron chi connectivity index (χ1n) is 5.20. The molecule has 15 heavy (non-hydrogen) atoms. The maximum atomic E-state index is 5.94. The number of amidine groups is 1. The van der Waals surface area contributed by atoms with Gasteiger partial charge in [0.15, 0.2) is 0 Å². The van der Waals surface area contributed by atoms with Crippen LogP contribution in [0.25, 0.3) is 0 Å². The lowest BCUT2D eigenvalue weighted by Crippen LogP contribution is -2.20. The van der Waals surface area contributed by atoms with Gasteiger partial charge in [-0.25, -0.2) is 0 Å². The summed E-state index contributed by atoms with van der Waals surface area (Å²) in [6, 6.07) is 2.16. The smallest absolute Gasteiger partial charge is 0.141 e. The minimum Gasteiger partial charge on any atom is -0.490 e. The number of nitrogens with two attached hydrogens (primary N) is 1. The maximum absolute atomic E-state index is 5.94. The first-order valence-corrected chi connectivity index (χ1v) is 6.08. The van der Waals surface area contributed by atoms with E-state index in [0.29, 0.717) is 18.4 Å². The van der Waals surface area contributed by atoms with Crippen LogP contribution in [-0.4, -0.2) is 18.5 Å². The summed E-state index contributed by atoms with van der Waals surface area (Å²) in [7, 11) is 0. The number of hydrogen-bond donors (Lipinski definition) is 1. The van der Waals surface area contributed by atoms with E-state index in [2.05, 4.69) is 18.8 Å². The fourth-order valence-electron chi connectivity index (χ4n) is 1.74. The second-order valence-electron chi connectivity index (χ2n) is 4.22. The quantitative estimate of drug-likeness (QED) is 0.837. The summed E-state index contributed by atoms with van der Waals surface area (Å²) in [4.78, 5) is 5.48. The van der Waals surface area contributed by atoms with Crippen molar-refractivity contribution in [2.75, 3.05) is 6.61 Å². The summed E-state index contributed by atoms with van der Waals surface area (Å²) in [5.74, 6) is 2.13. The van der Waals surface area contributed by atoms with Crippen LogP contribution in [0.3, 0.4) is 0 Å². The van der Waals surface area contributed by atoms with Gasteiger partial charge in [0.25, 0.3) is 0 Å². The van der Waals surface area contributed by atoms with Gasteiger partial charge in [0.2, 0.25) is 0 Å². The molecule has 2 heterocycles. The predicted octanol–water partition coefficient (Wildman–Crippen LogP) is 2.26. The third-order valence-corrected chi connectivity index (χ3v) is 3.28. The van der Waals surface area contributed by atoms with Crippen LogP contribution < -0.4 is 10.5 Å². The van der Waals surface area contributed by atoms with Crippen molar-refractivity contribution in [1.29, 1.82) is 0 Å². The molecule has 0 aliphatic carbocycles. The molecule has 0 fully saturated rings. The summed E-state index contributed by atoms with van der Waals surface area (Å²) < 4.78 is 5.69. The van der Waals surface area contributed by atoms with Crippen LogP contribution in [0, 0.1) is 5.92 Å². The predicted molar refractivity (Wildman–Crippen MR) is 63.8 cm³/mol. The molecule has 1 aromatic heterocycles. The fourth-order valence-corrected chi connectivity index (χ4v) is 2.49. The molecular weight excluding hydrogens is 208 g/mol. The summed E-state index contributed by atoms with van der Waals surface area (Å²) in [5.41, 5.74) is 5.94. The minimum atomic E-state index is 0.199. The van der Waals surface area contributed by atoms with Crippen molar-refractivity contribution in [1.82, 2.24) is 0 Å². The zero-order valence-electron chi connectivity index (χ0n) is 9.06. The van der Waals surface area contributed by atoms with Crippen LogP contribution in [-0.2, 0) is 0 Å². The molecule has 0 saturated heterocycles. The van der Waals surface area contributed by atoms with E-state index in [9.17, 15) is 0 Å². The summed E-state index contributed by atoms with van der Waals surface area (Å²) in [6.45, 7) is 5.02. The number of fused-ring (bicyclic) bond motifs is 1. The summed E-state index contributed by atoms with van der Waals surface area (Å²) in [6.07, 6.45) is 1.02. The lowest BCUT2D eigenvalue weighted by atomic mass is 10.1. The summed E-state index contributed by atoms with van der Waals surface area (Å²) >= 11 is 1.59. The minimum absolute atomic E-state index is 0.199. The van der Waals surface area contributed by atoms with Gasteiger partial charge in [0.1, 0.15) is 23.1 Å². The van der Waals surface area contributed by atoms with Gasteiger partial charge in [-0.05, 0) is 23.8 Å². The Balaban J connectivity index is 2.18. The van der Waals surface area contributed by atoms with Crippen LogP contribution in [0.1, 0.15) is 25.1 Å². The Morgan fingerprint density at radius 1 is 1.67 bits per heavy atom. The van der Waals surface area contributed by atoms with E-state index < -0.39 is 0 Å². The van der Waals surface area contributed by atoms with Gasteiger partial charge in [-0.3, -0.25) is 4.99 Å². The Hall–Kier alpha value is -1.03. The molecule has 0 radical (unpaired) electrons. The highest BCUT2D eigenvalue weighted by Gasteiger charge is 2.19. The van der Waals surface area contributed by atoms with Crippen molar-refractivity contribution in [2.24, 2.45) is 16.6 Å². The molecule has 1 atom stereocenters. The van der Waals surface area contributed by atoms with Gasteiger partial charge in [0.05, 0.1) is 6.04 Å². The van der Waals surface area contributed by atoms with Gasteiger partial charge in [-0.15, -0.1) is 11.3 Å². The molecule has 1 aromatic rings. The van der Waals surface area contributed by atoms with E-state index >= 15 is 0 Å². The molecule has 2 N–H and O–H groups in total. The average molecular weight is 224 g/mol. The number of aliphatic imine (C=N–C) groups is 1. The van der Waals surface area contributed by atoms with E-state index in [1.807, 2.05) is 11.4 Å². The van der Waals surface area contributed by atoms with Gasteiger partial charge >= 0.3 is 0 Å². The van der Waals surface area contributed by atoms with Crippen LogP contribution >= 0.6 is 11.3 Å². The lowest BCUT2D eigenvalue weighted by Gasteiger charge is -2.13. The van der Waals surface area contributed by atoms with Crippen molar-refractivity contribution in [3.05, 3.63) is 16.3 Å². The van der Waals surface area contributed by atoms with Crippen molar-refractivity contribution in [2.45, 2.75) is 26.3 Å². The zero-order chi connectivity index (χ0) is 10.8. The number of ether oxygens (including phenoxy) is 1. The highest BCUT2D eigenvalue weighted by molar-refractivity contribution is 7.12. The Kier molecular flexibility index (Phi) is 2.95. The van der Waals surface area contributed by atoms with E-state index in [4.69, 9.17) is 10.5 Å². The van der Waals surface area contributed by atoms with Gasteiger partial charge in [-0.2, -0.15) is 0 Å². The van der Waals surface area contributed by atoms with Crippen molar-refractivity contribution in [3.63, 3.8) is 0 Å². The number of hydrogen-bond acceptors (Lipinski definition) is 4. The number of thiophene rings is 1. The molecule has 0 bridgehead atoms. The van der Waals surface area contributed by atoms with Crippen molar-refractivity contribution < 1.29 is 4.74 Å². The first-order chi connectivity index (χ1) is 7.16. The van der Waals surface area contributed by atoms with E-state index in [0.717, 1.165) is 17.0 Å². The molecule has 1 aliphatic heterocycles. The third kappa shape index (κ3) is 2.31. The fraction of sp³-hybridized carbons (Fsp3) is 0.545. The molecule has 4 heteroatoms. The van der Waals surface area contributed by atoms with E-state index in [1.54, 1.807) is 11.3 Å². The van der Waals surface area contributed by atoms with E-state index in [-0.39, 0.29) is 6.04 Å². The molecule has 0 unspecified atom stereocenters. The largest absolute Gasteiger partial charge is 0.490 e. The van der Waals surface area contributed by atoms with Gasteiger partial charge in [0, 0.05) is 0 Å². The monoisotopic (exact) mass is 224 g/mol. The molecule has 3 nitrogen and oxygen atoms in total. The highest BCUT2D eigenvalue weighted by atomic mass is 32.1. The van der Waals surface area contributed by atoms with Crippen molar-refractivity contribution >= 4 is 17.2 Å². The Morgan fingerprint density at radius 2 is 2.47 bits per heavy atom. The molecule has 0 saturated carbocycles. The SMILES string of the molecule is CC(C)C[C@H]1COc2ccsc2C(N)=N1. The molecule has 82 valence electrons. The van der Waals surface area contributed by atoms with Gasteiger partial charge in [-0.1, -0.05) is 13.8 Å². The molecule has 0 amide bonds. The molecular formula is C11H16N2OS. The normalized spacial score (nSPS) is 20.5. The average Bonchev–Trinajstić information content (AvgIpc) is 2.56. The molecule has 2 rings (SSSR count). The molecule has 1 aliphatic rings. The standard InChI is InChI=1S/C11H16N2OS/c1-7(2)5-8-6-14-9-3-4-15-10(9)11(12)13-8/h3-4,7-8H,5-6H2,1-2H3,(H2,12,13)/t8-/m0/s1. The summed E-state index contributed by atoms with van der Waals surface area (Å²) in [5, 5.41) is 1.98. The van der Waals surface area contributed by atoms with Crippen LogP contribution in [0.15, 0.2) is 16.4 Å². The van der Waals surface area contributed by atoms with Gasteiger partial charge < -0.3 is 10.5 Å². The zero-order valence-corrected chi connectivity index (χ0v) is 9.88. The lowest BCUT2D eigenvalue weighted by molar-refractivity contribution is 0.276. The first kappa shape index (κ1) is 10.5. The van der Waals surface area contributed by atoms with Crippen LogP contribution in [0.2, 0.25) is 0 Å². The third-order valence-electron chi connectivity index (χ3n) is 2.36. The maximum Gasteiger partial charge on any atom is 0.141 e. The molecule has 0 spiro atoms. The topological polar surface area (TPSA) is 47.6 Å². The number of nitrogens with zero attached hydrogens (tertiary/aromatic N) is 1. The highest BCUT2D eigenvalue weighted by Crippen LogP contribution is 2.27. The molecule has 0 aromatic carbocycles. The number of rotatable bonds is 2. The Labute approximate surface area is 94.0 Å². The Morgan fingerprint density at radius 3 is 3.20 bits per heavy atom.